The van der Waals surface area contributed by atoms with Crippen molar-refractivity contribution in [2.75, 3.05) is 0 Å². The first-order chi connectivity index (χ1) is 11.8. The number of aromatic nitrogens is 6. The number of nitrogens with zero attached hydrogens (tertiary/aromatic N) is 5. The van der Waals surface area contributed by atoms with E-state index in [0.29, 0.717) is 0 Å². The highest BCUT2D eigenvalue weighted by atomic mass is 19.4. The van der Waals surface area contributed by atoms with Crippen LogP contribution in [0.4, 0.5) is 13.2 Å². The monoisotopic (exact) mass is 356 g/mol. The summed E-state index contributed by atoms with van der Waals surface area (Å²) in [5, 5.41) is 7.11. The Bertz CT molecular complexity index is 986. The van der Waals surface area contributed by atoms with Gasteiger partial charge < -0.3 is 9.09 Å². The highest BCUT2D eigenvalue weighted by molar-refractivity contribution is 5.50. The van der Waals surface area contributed by atoms with E-state index in [1.54, 1.807) is 0 Å². The van der Waals surface area contributed by atoms with Crippen LogP contribution in [0.25, 0.3) is 11.4 Å². The molecule has 9 nitrogen and oxygen atoms in total. The summed E-state index contributed by atoms with van der Waals surface area (Å²) in [4.78, 5) is 29.0. The van der Waals surface area contributed by atoms with Gasteiger partial charge in [-0.15, -0.1) is 0 Å². The van der Waals surface area contributed by atoms with Gasteiger partial charge in [-0.25, -0.2) is 4.79 Å². The zero-order valence-corrected chi connectivity index (χ0v) is 12.7. The summed E-state index contributed by atoms with van der Waals surface area (Å²) in [6.45, 7) is 0. The van der Waals surface area contributed by atoms with E-state index in [0.717, 1.165) is 9.25 Å². The van der Waals surface area contributed by atoms with Crippen molar-refractivity contribution in [2.45, 2.75) is 18.6 Å². The quantitative estimate of drug-likeness (QED) is 0.735. The van der Waals surface area contributed by atoms with Crippen molar-refractivity contribution in [3.8, 4) is 11.4 Å². The molecule has 0 radical (unpaired) electrons. The molecule has 1 N–H and O–H groups in total. The Morgan fingerprint density at radius 3 is 2.76 bits per heavy atom. The van der Waals surface area contributed by atoms with Crippen molar-refractivity contribution in [2.24, 2.45) is 7.05 Å². The fraction of sp³-hybridized carbons (Fsp3) is 0.308. The molecule has 0 aliphatic heterocycles. The lowest BCUT2D eigenvalue weighted by Gasteiger charge is -2.18. The van der Waals surface area contributed by atoms with E-state index < -0.39 is 29.9 Å². The minimum atomic E-state index is -4.59. The first-order valence-corrected chi connectivity index (χ1v) is 6.94. The fourth-order valence-corrected chi connectivity index (χ4v) is 2.16. The second-order valence-electron chi connectivity index (χ2n) is 5.17. The Balaban J connectivity index is 1.92. The third-order valence-corrected chi connectivity index (χ3v) is 3.41. The molecule has 0 bridgehead atoms. The van der Waals surface area contributed by atoms with Crippen molar-refractivity contribution in [3.63, 3.8) is 0 Å². The van der Waals surface area contributed by atoms with Crippen molar-refractivity contribution < 1.29 is 17.7 Å². The van der Waals surface area contributed by atoms with Crippen LogP contribution in [-0.2, 0) is 13.5 Å². The molecule has 1 unspecified atom stereocenters. The van der Waals surface area contributed by atoms with Crippen LogP contribution in [0.2, 0.25) is 0 Å². The molecule has 1 atom stereocenters. The van der Waals surface area contributed by atoms with Crippen molar-refractivity contribution in [3.05, 3.63) is 51.4 Å². The lowest BCUT2D eigenvalue weighted by atomic mass is 10.2. The average molecular weight is 356 g/mol. The molecule has 3 heterocycles. The molecule has 0 saturated heterocycles. The molecule has 12 heteroatoms. The lowest BCUT2D eigenvalue weighted by Crippen LogP contribution is -2.29. The van der Waals surface area contributed by atoms with E-state index in [4.69, 9.17) is 4.52 Å². The van der Waals surface area contributed by atoms with E-state index >= 15 is 0 Å². The van der Waals surface area contributed by atoms with Gasteiger partial charge in [0.25, 0.3) is 5.56 Å². The number of nitrogens with one attached hydrogen (secondary N) is 1. The molecule has 25 heavy (non-hydrogen) atoms. The molecule has 132 valence electrons. The Labute approximate surface area is 136 Å². The van der Waals surface area contributed by atoms with Gasteiger partial charge in [-0.05, 0) is 6.07 Å². The number of H-pyrrole nitrogens is 1. The second kappa shape index (κ2) is 6.03. The van der Waals surface area contributed by atoms with Crippen LogP contribution < -0.4 is 11.2 Å². The molecule has 3 aromatic rings. The number of halogens is 3. The van der Waals surface area contributed by atoms with E-state index in [9.17, 15) is 22.8 Å². The van der Waals surface area contributed by atoms with Crippen LogP contribution in [-0.4, -0.2) is 35.6 Å². The standard InChI is InChI=1S/C13H11F3N6O3/c1-21-6-7(11(23)19-12(21)24)10-18-9(25-20-10)5-8(13(14,15)16)22-4-2-3-17-22/h2-4,6,8H,5H2,1H3,(H,19,23,24). The summed E-state index contributed by atoms with van der Waals surface area (Å²) in [5.74, 6) is -0.533. The van der Waals surface area contributed by atoms with Gasteiger partial charge in [0.05, 0.1) is 6.42 Å². The van der Waals surface area contributed by atoms with Crippen molar-refractivity contribution in [1.29, 1.82) is 0 Å². The molecule has 0 aromatic carbocycles. The zero-order valence-electron chi connectivity index (χ0n) is 12.7. The highest BCUT2D eigenvalue weighted by Gasteiger charge is 2.42. The number of rotatable bonds is 4. The van der Waals surface area contributed by atoms with E-state index in [1.165, 1.54) is 31.7 Å². The molecule has 3 rings (SSSR count). The molecular weight excluding hydrogens is 345 g/mol. The normalized spacial score (nSPS) is 13.1. The Morgan fingerprint density at radius 1 is 1.36 bits per heavy atom. The topological polar surface area (TPSA) is 112 Å². The number of hydrogen-bond donors (Lipinski definition) is 1. The van der Waals surface area contributed by atoms with Crippen LogP contribution in [0.3, 0.4) is 0 Å². The third kappa shape index (κ3) is 3.36. The molecule has 0 spiro atoms. The number of aryl methyl sites for hydroxylation is 1. The summed E-state index contributed by atoms with van der Waals surface area (Å²) in [7, 11) is 1.39. The van der Waals surface area contributed by atoms with Gasteiger partial charge in [0.2, 0.25) is 11.7 Å². The zero-order chi connectivity index (χ0) is 18.2. The first kappa shape index (κ1) is 16.7. The van der Waals surface area contributed by atoms with Gasteiger partial charge in [-0.3, -0.25) is 14.5 Å². The summed E-state index contributed by atoms with van der Waals surface area (Å²) < 4.78 is 46.3. The Morgan fingerprint density at radius 2 is 2.12 bits per heavy atom. The number of alkyl halides is 3. The number of hydrogen-bond acceptors (Lipinski definition) is 6. The maximum Gasteiger partial charge on any atom is 0.411 e. The maximum absolute atomic E-state index is 13.2. The SMILES string of the molecule is Cn1cc(-c2noc(CC(n3cccn3)C(F)(F)F)n2)c(=O)[nH]c1=O. The van der Waals surface area contributed by atoms with Crippen molar-refractivity contribution >= 4 is 0 Å². The second-order valence-corrected chi connectivity index (χ2v) is 5.17. The third-order valence-electron chi connectivity index (χ3n) is 3.41. The maximum atomic E-state index is 13.2. The lowest BCUT2D eigenvalue weighted by molar-refractivity contribution is -0.171. The average Bonchev–Trinajstić information content (AvgIpc) is 3.18. The Hall–Kier alpha value is -3.18. The van der Waals surface area contributed by atoms with Crippen LogP contribution in [0.5, 0.6) is 0 Å². The van der Waals surface area contributed by atoms with Gasteiger partial charge in [-0.1, -0.05) is 5.16 Å². The summed E-state index contributed by atoms with van der Waals surface area (Å²) >= 11 is 0. The molecule has 0 amide bonds. The first-order valence-electron chi connectivity index (χ1n) is 6.94. The van der Waals surface area contributed by atoms with Crippen LogP contribution in [0.1, 0.15) is 11.9 Å². The summed E-state index contributed by atoms with van der Waals surface area (Å²) in [5.41, 5.74) is -1.51. The van der Waals surface area contributed by atoms with Gasteiger partial charge >= 0.3 is 11.9 Å². The number of aromatic amines is 1. The van der Waals surface area contributed by atoms with Gasteiger partial charge in [0, 0.05) is 25.6 Å². The molecule has 0 aliphatic carbocycles. The smallest absolute Gasteiger partial charge is 0.339 e. The summed E-state index contributed by atoms with van der Waals surface area (Å²) in [6, 6.07) is -0.628. The van der Waals surface area contributed by atoms with Gasteiger partial charge in [-0.2, -0.15) is 23.3 Å². The molecule has 0 saturated carbocycles. The Kier molecular flexibility index (Phi) is 4.02. The largest absolute Gasteiger partial charge is 0.411 e. The fourth-order valence-electron chi connectivity index (χ4n) is 2.16. The molecule has 0 aliphatic rings. The van der Waals surface area contributed by atoms with Crippen molar-refractivity contribution in [1.82, 2.24) is 29.5 Å². The van der Waals surface area contributed by atoms with E-state index in [2.05, 4.69) is 15.2 Å². The van der Waals surface area contributed by atoms with Gasteiger partial charge in [0.1, 0.15) is 5.56 Å². The predicted octanol–water partition coefficient (Wildman–Crippen LogP) is 0.666. The van der Waals surface area contributed by atoms with Gasteiger partial charge in [0.15, 0.2) is 6.04 Å². The van der Waals surface area contributed by atoms with E-state index in [1.807, 2.05) is 4.98 Å². The van der Waals surface area contributed by atoms with Crippen LogP contribution in [0.15, 0.2) is 38.8 Å². The predicted molar refractivity (Wildman–Crippen MR) is 76.6 cm³/mol. The minimum absolute atomic E-state index is 0.0975. The molecule has 3 aromatic heterocycles. The van der Waals surface area contributed by atoms with Crippen LogP contribution in [0, 0.1) is 0 Å². The van der Waals surface area contributed by atoms with Crippen LogP contribution >= 0.6 is 0 Å². The molecule has 0 fully saturated rings. The molecular formula is C13H11F3N6O3. The summed E-state index contributed by atoms with van der Waals surface area (Å²) in [6.07, 6.45) is -1.67. The minimum Gasteiger partial charge on any atom is -0.339 e. The highest BCUT2D eigenvalue weighted by Crippen LogP contribution is 2.32. The van der Waals surface area contributed by atoms with E-state index in [-0.39, 0.29) is 17.3 Å².